The van der Waals surface area contributed by atoms with Crippen LogP contribution in [0.3, 0.4) is 0 Å². The van der Waals surface area contributed by atoms with Gasteiger partial charge in [-0.2, -0.15) is 0 Å². The summed E-state index contributed by atoms with van der Waals surface area (Å²) in [6, 6.07) is 15.6. The summed E-state index contributed by atoms with van der Waals surface area (Å²) in [4.78, 5) is 0. The molecule has 0 spiro atoms. The second-order valence-corrected chi connectivity index (χ2v) is 5.39. The van der Waals surface area contributed by atoms with Crippen molar-refractivity contribution in [3.63, 3.8) is 0 Å². The molecule has 3 aromatic rings. The van der Waals surface area contributed by atoms with Crippen molar-refractivity contribution in [3.05, 3.63) is 71.8 Å². The Balaban J connectivity index is 0.00000225. The lowest BCUT2D eigenvalue weighted by molar-refractivity contribution is -0.274. The van der Waals surface area contributed by atoms with Gasteiger partial charge in [0.15, 0.2) is 0 Å². The number of hydrogen-bond donors (Lipinski definition) is 2. The second-order valence-electron chi connectivity index (χ2n) is 5.39. The van der Waals surface area contributed by atoms with E-state index < -0.39 is 12.4 Å². The van der Waals surface area contributed by atoms with Gasteiger partial charge in [-0.25, -0.2) is 0 Å². The van der Waals surface area contributed by atoms with Crippen molar-refractivity contribution in [2.24, 2.45) is 5.73 Å². The molecule has 3 nitrogen and oxygen atoms in total. The van der Waals surface area contributed by atoms with Crippen LogP contribution < -0.4 is 10.5 Å². The van der Waals surface area contributed by atoms with Crippen LogP contribution in [-0.4, -0.2) is 11.5 Å². The maximum Gasteiger partial charge on any atom is 0.573 e. The van der Waals surface area contributed by atoms with E-state index >= 15 is 0 Å². The molecule has 0 heterocycles. The van der Waals surface area contributed by atoms with E-state index in [9.17, 15) is 18.3 Å². The van der Waals surface area contributed by atoms with E-state index in [0.29, 0.717) is 5.56 Å². The molecule has 3 aromatic carbocycles. The summed E-state index contributed by atoms with van der Waals surface area (Å²) in [5.41, 5.74) is 7.69. The van der Waals surface area contributed by atoms with Crippen molar-refractivity contribution in [2.75, 3.05) is 0 Å². The molecule has 0 radical (unpaired) electrons. The van der Waals surface area contributed by atoms with Gasteiger partial charge >= 0.3 is 6.36 Å². The Morgan fingerprint density at radius 2 is 1.40 bits per heavy atom. The van der Waals surface area contributed by atoms with Crippen LogP contribution in [0.15, 0.2) is 60.7 Å². The lowest BCUT2D eigenvalue weighted by Gasteiger charge is -2.15. The highest BCUT2D eigenvalue weighted by Crippen LogP contribution is 2.28. The maximum atomic E-state index is 12.2. The number of rotatable bonds is 3. The molecule has 3 rings (SSSR count). The fourth-order valence-electron chi connectivity index (χ4n) is 2.51. The number of phenolic OH excluding ortho intramolecular Hbond substituents is 1. The van der Waals surface area contributed by atoms with E-state index in [0.717, 1.165) is 16.3 Å². The Kier molecular flexibility index (Phi) is 5.45. The molecule has 1 atom stereocenters. The first-order valence-electron chi connectivity index (χ1n) is 7.16. The fraction of sp³-hybridized carbons (Fsp3) is 0.111. The number of ether oxygens (including phenoxy) is 1. The normalized spacial score (nSPS) is 12.5. The van der Waals surface area contributed by atoms with Gasteiger partial charge in [-0.05, 0) is 52.2 Å². The average molecular weight is 370 g/mol. The fourth-order valence-corrected chi connectivity index (χ4v) is 2.51. The van der Waals surface area contributed by atoms with Crippen LogP contribution in [0.2, 0.25) is 0 Å². The molecule has 0 aliphatic heterocycles. The van der Waals surface area contributed by atoms with Gasteiger partial charge in [0, 0.05) is 0 Å². The third-order valence-corrected chi connectivity index (χ3v) is 3.68. The number of halogens is 4. The first kappa shape index (κ1) is 18.9. The molecular formula is C18H15ClF3NO2. The number of nitrogens with two attached hydrogens (primary N) is 1. The Morgan fingerprint density at radius 3 is 2.04 bits per heavy atom. The molecule has 0 bridgehead atoms. The first-order chi connectivity index (χ1) is 11.3. The van der Waals surface area contributed by atoms with Crippen molar-refractivity contribution < 1.29 is 23.0 Å². The largest absolute Gasteiger partial charge is 0.573 e. The zero-order chi connectivity index (χ0) is 17.3. The monoisotopic (exact) mass is 369 g/mol. The van der Waals surface area contributed by atoms with Gasteiger partial charge in [0.25, 0.3) is 0 Å². The number of aromatic hydroxyl groups is 1. The van der Waals surface area contributed by atoms with Crippen LogP contribution in [0.1, 0.15) is 17.2 Å². The molecule has 0 aliphatic rings. The minimum absolute atomic E-state index is 0. The van der Waals surface area contributed by atoms with Crippen LogP contribution in [-0.2, 0) is 0 Å². The van der Waals surface area contributed by atoms with Gasteiger partial charge < -0.3 is 15.6 Å². The summed E-state index contributed by atoms with van der Waals surface area (Å²) < 4.78 is 40.4. The summed E-state index contributed by atoms with van der Waals surface area (Å²) in [6.07, 6.45) is -4.71. The molecule has 25 heavy (non-hydrogen) atoms. The lowest BCUT2D eigenvalue weighted by Crippen LogP contribution is -2.17. The summed E-state index contributed by atoms with van der Waals surface area (Å²) in [5.74, 6) is -0.104. The zero-order valence-corrected chi connectivity index (χ0v) is 13.6. The Labute approximate surface area is 148 Å². The third-order valence-electron chi connectivity index (χ3n) is 3.68. The first-order valence-corrected chi connectivity index (χ1v) is 7.16. The van der Waals surface area contributed by atoms with Gasteiger partial charge in [-0.3, -0.25) is 0 Å². The van der Waals surface area contributed by atoms with Gasteiger partial charge in [-0.1, -0.05) is 30.3 Å². The van der Waals surface area contributed by atoms with Gasteiger partial charge in [-0.15, -0.1) is 25.6 Å². The second kappa shape index (κ2) is 7.21. The summed E-state index contributed by atoms with van der Waals surface area (Å²) in [6.45, 7) is 0. The molecule has 7 heteroatoms. The Morgan fingerprint density at radius 1 is 0.840 bits per heavy atom. The molecule has 0 aliphatic carbocycles. The molecule has 0 saturated carbocycles. The molecule has 0 saturated heterocycles. The highest BCUT2D eigenvalue weighted by atomic mass is 35.5. The van der Waals surface area contributed by atoms with Crippen molar-refractivity contribution in [1.29, 1.82) is 0 Å². The zero-order valence-electron chi connectivity index (χ0n) is 12.8. The number of hydrogen-bond acceptors (Lipinski definition) is 3. The van der Waals surface area contributed by atoms with E-state index in [-0.39, 0.29) is 23.9 Å². The molecule has 3 N–H and O–H groups in total. The van der Waals surface area contributed by atoms with Crippen LogP contribution in [0.25, 0.3) is 10.8 Å². The van der Waals surface area contributed by atoms with Crippen LogP contribution >= 0.6 is 12.4 Å². The molecule has 132 valence electrons. The third kappa shape index (κ3) is 4.55. The molecular weight excluding hydrogens is 355 g/mol. The molecule has 0 aromatic heterocycles. The minimum atomic E-state index is -4.71. The number of alkyl halides is 3. The van der Waals surface area contributed by atoms with E-state index in [1.807, 2.05) is 18.2 Å². The summed E-state index contributed by atoms with van der Waals surface area (Å²) in [7, 11) is 0. The van der Waals surface area contributed by atoms with Crippen LogP contribution in [0.4, 0.5) is 13.2 Å². The van der Waals surface area contributed by atoms with Gasteiger partial charge in [0.05, 0.1) is 6.04 Å². The SMILES string of the molecule is Cl.N[C@@H](c1ccc(OC(F)(F)F)cc1)c1ccc2cc(O)ccc2c1. The highest BCUT2D eigenvalue weighted by molar-refractivity contribution is 5.85. The summed E-state index contributed by atoms with van der Waals surface area (Å²) >= 11 is 0. The Hall–Kier alpha value is -2.44. The Bertz CT molecular complexity index is 866. The van der Waals surface area contributed by atoms with E-state index in [1.54, 1.807) is 18.2 Å². The van der Waals surface area contributed by atoms with Crippen molar-refractivity contribution in [1.82, 2.24) is 0 Å². The predicted octanol–water partition coefficient (Wildman–Crippen LogP) is 4.91. The van der Waals surface area contributed by atoms with Gasteiger partial charge in [0.1, 0.15) is 11.5 Å². The molecule has 0 amide bonds. The average Bonchev–Trinajstić information content (AvgIpc) is 2.53. The highest BCUT2D eigenvalue weighted by Gasteiger charge is 2.31. The lowest BCUT2D eigenvalue weighted by atomic mass is 9.97. The molecule has 0 unspecified atom stereocenters. The van der Waals surface area contributed by atoms with E-state index in [4.69, 9.17) is 5.73 Å². The summed E-state index contributed by atoms with van der Waals surface area (Å²) in [5, 5.41) is 11.3. The standard InChI is InChI=1S/C18H14F3NO2.ClH/c19-18(20,21)24-16-7-4-11(5-8-16)17(22)14-2-1-13-10-15(23)6-3-12(13)9-14;/h1-10,17,23H,22H2;1H/t17-;/m0./s1. The topological polar surface area (TPSA) is 55.5 Å². The van der Waals surface area contributed by atoms with Crippen molar-refractivity contribution >= 4 is 23.2 Å². The quantitative estimate of drug-likeness (QED) is 0.689. The minimum Gasteiger partial charge on any atom is -0.508 e. The molecule has 0 fully saturated rings. The van der Waals surface area contributed by atoms with E-state index in [2.05, 4.69) is 4.74 Å². The predicted molar refractivity (Wildman–Crippen MR) is 92.0 cm³/mol. The number of phenols is 1. The number of fused-ring (bicyclic) bond motifs is 1. The van der Waals surface area contributed by atoms with Crippen molar-refractivity contribution in [2.45, 2.75) is 12.4 Å². The maximum absolute atomic E-state index is 12.2. The van der Waals surface area contributed by atoms with Crippen LogP contribution in [0, 0.1) is 0 Å². The van der Waals surface area contributed by atoms with Crippen LogP contribution in [0.5, 0.6) is 11.5 Å². The van der Waals surface area contributed by atoms with E-state index in [1.165, 1.54) is 24.3 Å². The van der Waals surface area contributed by atoms with Crippen molar-refractivity contribution in [3.8, 4) is 11.5 Å². The van der Waals surface area contributed by atoms with Gasteiger partial charge in [0.2, 0.25) is 0 Å². The smallest absolute Gasteiger partial charge is 0.508 e. The number of benzene rings is 3.